The third-order valence-corrected chi connectivity index (χ3v) is 2.98. The third kappa shape index (κ3) is 3.62. The summed E-state index contributed by atoms with van der Waals surface area (Å²) in [6.45, 7) is 1.15. The fraction of sp³-hybridized carbons (Fsp3) is 0.417. The van der Waals surface area contributed by atoms with E-state index in [1.807, 2.05) is 0 Å². The molecule has 1 aromatic rings. The Labute approximate surface area is 109 Å². The lowest BCUT2D eigenvalue weighted by Crippen LogP contribution is -2.45. The molecular weight excluding hydrogens is 256 g/mol. The number of benzene rings is 1. The van der Waals surface area contributed by atoms with E-state index in [1.54, 1.807) is 0 Å². The summed E-state index contributed by atoms with van der Waals surface area (Å²) in [5, 5.41) is 17.7. The number of carbonyl (C=O) groups is 1. The van der Waals surface area contributed by atoms with E-state index in [4.69, 9.17) is 0 Å². The number of nitrogens with one attached hydrogen (secondary N) is 3. The van der Waals surface area contributed by atoms with Crippen LogP contribution in [-0.4, -0.2) is 36.4 Å². The smallest absolute Gasteiger partial charge is 0.319 e. The van der Waals surface area contributed by atoms with Crippen LogP contribution in [0.3, 0.4) is 0 Å². The Kier molecular flexibility index (Phi) is 3.96. The van der Waals surface area contributed by atoms with Crippen molar-refractivity contribution < 1.29 is 18.7 Å². The summed E-state index contributed by atoms with van der Waals surface area (Å²) < 4.78 is 26.0. The molecule has 1 atom stereocenters. The van der Waals surface area contributed by atoms with Gasteiger partial charge in [-0.25, -0.2) is 13.6 Å². The molecule has 0 spiro atoms. The van der Waals surface area contributed by atoms with E-state index in [1.165, 1.54) is 0 Å². The van der Waals surface area contributed by atoms with Crippen molar-refractivity contribution in [1.29, 1.82) is 0 Å². The van der Waals surface area contributed by atoms with Crippen LogP contribution in [-0.2, 0) is 0 Å². The average Bonchev–Trinajstić information content (AvgIpc) is 2.78. The Bertz CT molecular complexity index is 476. The van der Waals surface area contributed by atoms with E-state index in [0.717, 1.165) is 12.1 Å². The van der Waals surface area contributed by atoms with Crippen LogP contribution in [0.2, 0.25) is 0 Å². The van der Waals surface area contributed by atoms with Crippen LogP contribution in [0.5, 0.6) is 0 Å². The highest BCUT2D eigenvalue weighted by Crippen LogP contribution is 2.15. The molecule has 1 aromatic carbocycles. The number of urea groups is 1. The molecule has 2 rings (SSSR count). The van der Waals surface area contributed by atoms with Crippen molar-refractivity contribution in [3.8, 4) is 0 Å². The van der Waals surface area contributed by atoms with Gasteiger partial charge in [0.2, 0.25) is 0 Å². The molecule has 1 aliphatic heterocycles. The lowest BCUT2D eigenvalue weighted by molar-refractivity contribution is 0.0640. The molecule has 0 saturated carbocycles. The minimum Gasteiger partial charge on any atom is -0.387 e. The first-order valence-corrected chi connectivity index (χ1v) is 5.92. The van der Waals surface area contributed by atoms with Crippen LogP contribution in [0.4, 0.5) is 19.3 Å². The molecule has 1 unspecified atom stereocenters. The van der Waals surface area contributed by atoms with E-state index in [-0.39, 0.29) is 12.2 Å². The molecule has 1 heterocycles. The average molecular weight is 271 g/mol. The van der Waals surface area contributed by atoms with Crippen LogP contribution >= 0.6 is 0 Å². The maximum absolute atomic E-state index is 13.3. The number of carbonyl (C=O) groups excluding carboxylic acids is 1. The number of hydrogen-bond acceptors (Lipinski definition) is 3. The molecular formula is C12H15F2N3O2. The minimum atomic E-state index is -0.974. The zero-order valence-corrected chi connectivity index (χ0v) is 10.2. The van der Waals surface area contributed by atoms with Gasteiger partial charge in [0, 0.05) is 19.2 Å². The first-order valence-electron chi connectivity index (χ1n) is 5.92. The van der Waals surface area contributed by atoms with Crippen molar-refractivity contribution in [3.63, 3.8) is 0 Å². The third-order valence-electron chi connectivity index (χ3n) is 2.98. The summed E-state index contributed by atoms with van der Waals surface area (Å²) >= 11 is 0. The van der Waals surface area contributed by atoms with Gasteiger partial charge in [-0.05, 0) is 25.1 Å². The summed E-state index contributed by atoms with van der Waals surface area (Å²) in [6.07, 6.45) is 0.540. The van der Waals surface area contributed by atoms with Crippen molar-refractivity contribution in [2.24, 2.45) is 0 Å². The van der Waals surface area contributed by atoms with Gasteiger partial charge in [-0.15, -0.1) is 0 Å². The van der Waals surface area contributed by atoms with Crippen LogP contribution < -0.4 is 16.0 Å². The summed E-state index contributed by atoms with van der Waals surface area (Å²) in [5.74, 6) is -1.56. The SMILES string of the molecule is O=C(NCC1(O)CCNC1)Nc1ccc(F)cc1F. The lowest BCUT2D eigenvalue weighted by Gasteiger charge is -2.21. The summed E-state index contributed by atoms with van der Waals surface area (Å²) in [5.41, 5.74) is -1.09. The molecule has 1 saturated heterocycles. The largest absolute Gasteiger partial charge is 0.387 e. The topological polar surface area (TPSA) is 73.4 Å². The molecule has 0 bridgehead atoms. The Balaban J connectivity index is 1.87. The number of amides is 2. The number of hydrogen-bond donors (Lipinski definition) is 4. The molecule has 1 fully saturated rings. The van der Waals surface area contributed by atoms with Crippen LogP contribution in [0.25, 0.3) is 0 Å². The predicted molar refractivity (Wildman–Crippen MR) is 65.8 cm³/mol. The lowest BCUT2D eigenvalue weighted by atomic mass is 10.0. The van der Waals surface area contributed by atoms with Crippen molar-refractivity contribution in [1.82, 2.24) is 10.6 Å². The van der Waals surface area contributed by atoms with E-state index in [2.05, 4.69) is 16.0 Å². The van der Waals surface area contributed by atoms with Gasteiger partial charge in [-0.1, -0.05) is 0 Å². The Morgan fingerprint density at radius 3 is 2.89 bits per heavy atom. The number of rotatable bonds is 3. The van der Waals surface area contributed by atoms with Gasteiger partial charge in [0.05, 0.1) is 11.3 Å². The summed E-state index contributed by atoms with van der Waals surface area (Å²) in [6, 6.07) is 2.22. The second-order valence-corrected chi connectivity index (χ2v) is 4.58. The Morgan fingerprint density at radius 2 is 2.26 bits per heavy atom. The minimum absolute atomic E-state index is 0.0641. The second-order valence-electron chi connectivity index (χ2n) is 4.58. The maximum Gasteiger partial charge on any atom is 0.319 e. The van der Waals surface area contributed by atoms with E-state index in [0.29, 0.717) is 25.6 Å². The van der Waals surface area contributed by atoms with Gasteiger partial charge in [0.1, 0.15) is 11.6 Å². The predicted octanol–water partition coefficient (Wildman–Crippen LogP) is 0.811. The standard InChI is InChI=1S/C12H15F2N3O2/c13-8-1-2-10(9(14)5-8)17-11(18)16-7-12(19)3-4-15-6-12/h1-2,5,15,19H,3-4,6-7H2,(H2,16,17,18). The van der Waals surface area contributed by atoms with Gasteiger partial charge >= 0.3 is 6.03 Å². The molecule has 2 amide bonds. The normalized spacial score (nSPS) is 22.3. The summed E-state index contributed by atoms with van der Waals surface area (Å²) in [4.78, 5) is 11.5. The number of β-amino-alcohol motifs (C(OH)–C–C–N with tert-alkyl or cyclic N) is 1. The molecule has 0 aromatic heterocycles. The van der Waals surface area contributed by atoms with Gasteiger partial charge in [-0.2, -0.15) is 0 Å². The number of aliphatic hydroxyl groups is 1. The number of halogens is 2. The van der Waals surface area contributed by atoms with E-state index in [9.17, 15) is 18.7 Å². The molecule has 0 aliphatic carbocycles. The molecule has 0 radical (unpaired) electrons. The highest BCUT2D eigenvalue weighted by molar-refractivity contribution is 5.89. The second kappa shape index (κ2) is 5.50. The molecule has 7 heteroatoms. The Morgan fingerprint density at radius 1 is 1.47 bits per heavy atom. The van der Waals surface area contributed by atoms with Gasteiger partial charge in [0.25, 0.3) is 0 Å². The molecule has 5 nitrogen and oxygen atoms in total. The first kappa shape index (κ1) is 13.7. The van der Waals surface area contributed by atoms with Gasteiger partial charge in [-0.3, -0.25) is 0 Å². The van der Waals surface area contributed by atoms with Gasteiger partial charge < -0.3 is 21.1 Å². The fourth-order valence-electron chi connectivity index (χ4n) is 1.88. The van der Waals surface area contributed by atoms with E-state index < -0.39 is 23.3 Å². The zero-order chi connectivity index (χ0) is 13.9. The maximum atomic E-state index is 13.3. The number of anilines is 1. The van der Waals surface area contributed by atoms with Crippen LogP contribution in [0, 0.1) is 11.6 Å². The van der Waals surface area contributed by atoms with Crippen LogP contribution in [0.1, 0.15) is 6.42 Å². The van der Waals surface area contributed by atoms with Crippen molar-refractivity contribution in [3.05, 3.63) is 29.8 Å². The van der Waals surface area contributed by atoms with Crippen LogP contribution in [0.15, 0.2) is 18.2 Å². The highest BCUT2D eigenvalue weighted by atomic mass is 19.1. The fourth-order valence-corrected chi connectivity index (χ4v) is 1.88. The first-order chi connectivity index (χ1) is 8.98. The van der Waals surface area contributed by atoms with Crippen molar-refractivity contribution in [2.75, 3.05) is 25.0 Å². The monoisotopic (exact) mass is 271 g/mol. The van der Waals surface area contributed by atoms with Crippen molar-refractivity contribution in [2.45, 2.75) is 12.0 Å². The van der Waals surface area contributed by atoms with E-state index >= 15 is 0 Å². The molecule has 4 N–H and O–H groups in total. The highest BCUT2D eigenvalue weighted by Gasteiger charge is 2.31. The van der Waals surface area contributed by atoms with Gasteiger partial charge in [0.15, 0.2) is 0 Å². The molecule has 19 heavy (non-hydrogen) atoms. The zero-order valence-electron chi connectivity index (χ0n) is 10.2. The Hall–Kier alpha value is -1.73. The summed E-state index contributed by atoms with van der Waals surface area (Å²) in [7, 11) is 0. The quantitative estimate of drug-likeness (QED) is 0.657. The molecule has 104 valence electrons. The van der Waals surface area contributed by atoms with Crippen molar-refractivity contribution >= 4 is 11.7 Å². The molecule has 1 aliphatic rings.